The summed E-state index contributed by atoms with van der Waals surface area (Å²) in [5.74, 6) is 1.11. The quantitative estimate of drug-likeness (QED) is 0.724. The fourth-order valence-electron chi connectivity index (χ4n) is 1.99. The molecule has 1 atom stereocenters. The largest absolute Gasteiger partial charge is 0.493 e. The fraction of sp³-hybridized carbons (Fsp3) is 0.533. The Morgan fingerprint density at radius 2 is 1.86 bits per heavy atom. The molecule has 1 aromatic carbocycles. The van der Waals surface area contributed by atoms with E-state index in [9.17, 15) is 4.79 Å². The van der Waals surface area contributed by atoms with Gasteiger partial charge in [-0.25, -0.2) is 0 Å². The van der Waals surface area contributed by atoms with Gasteiger partial charge in [0, 0.05) is 11.4 Å². The van der Waals surface area contributed by atoms with Crippen LogP contribution in [0, 0.1) is 0 Å². The first-order chi connectivity index (χ1) is 10.1. The second-order valence-corrected chi connectivity index (χ2v) is 5.77. The van der Waals surface area contributed by atoms with Gasteiger partial charge in [-0.1, -0.05) is 29.3 Å². The Kier molecular flexibility index (Phi) is 7.36. The highest BCUT2D eigenvalue weighted by Crippen LogP contribution is 2.39. The van der Waals surface area contributed by atoms with Crippen molar-refractivity contribution in [2.75, 3.05) is 27.9 Å². The molecule has 1 amide bonds. The number of alkyl halides is 1. The number of carbonyl (C=O) groups excluding carboxylic acids is 1. The number of hydrogen-bond donors (Lipinski definition) is 1. The molecule has 5 nitrogen and oxygen atoms in total. The maximum atomic E-state index is 12.3. The number of benzene rings is 1. The van der Waals surface area contributed by atoms with Crippen LogP contribution >= 0.6 is 15.9 Å². The van der Waals surface area contributed by atoms with E-state index in [1.54, 1.807) is 12.1 Å². The normalized spacial score (nSPS) is 11.7. The molecule has 0 aromatic heterocycles. The predicted molar refractivity (Wildman–Crippen MR) is 86.1 cm³/mol. The molecule has 0 saturated carbocycles. The number of carbonyl (C=O) groups is 1. The minimum absolute atomic E-state index is 0.201. The molecular formula is C15H22BrNO4. The summed E-state index contributed by atoms with van der Waals surface area (Å²) >= 11 is 3.53. The SMILES string of the molecule is CCCC(Br)CNC(=O)c1ccc(OC)c(OC)c1OC. The molecule has 6 heteroatoms. The first kappa shape index (κ1) is 17.6. The van der Waals surface area contributed by atoms with Crippen LogP contribution in [0.3, 0.4) is 0 Å². The van der Waals surface area contributed by atoms with E-state index in [4.69, 9.17) is 14.2 Å². The van der Waals surface area contributed by atoms with Gasteiger partial charge in [0.2, 0.25) is 5.75 Å². The lowest BCUT2D eigenvalue weighted by atomic mass is 10.1. The smallest absolute Gasteiger partial charge is 0.255 e. The number of hydrogen-bond acceptors (Lipinski definition) is 4. The van der Waals surface area contributed by atoms with Crippen molar-refractivity contribution in [2.24, 2.45) is 0 Å². The topological polar surface area (TPSA) is 56.8 Å². The molecule has 0 radical (unpaired) electrons. The predicted octanol–water partition coefficient (Wildman–Crippen LogP) is 3.01. The zero-order chi connectivity index (χ0) is 15.8. The molecular weight excluding hydrogens is 338 g/mol. The van der Waals surface area contributed by atoms with E-state index in [2.05, 4.69) is 28.2 Å². The lowest BCUT2D eigenvalue weighted by Crippen LogP contribution is -2.29. The third-order valence-electron chi connectivity index (χ3n) is 3.03. The summed E-state index contributed by atoms with van der Waals surface area (Å²) < 4.78 is 15.8. The summed E-state index contributed by atoms with van der Waals surface area (Å²) in [6.07, 6.45) is 2.06. The molecule has 0 aliphatic heterocycles. The van der Waals surface area contributed by atoms with Gasteiger partial charge < -0.3 is 19.5 Å². The van der Waals surface area contributed by atoms with Gasteiger partial charge >= 0.3 is 0 Å². The third kappa shape index (κ3) is 4.52. The van der Waals surface area contributed by atoms with E-state index in [0.717, 1.165) is 12.8 Å². The Morgan fingerprint density at radius 1 is 1.19 bits per heavy atom. The van der Waals surface area contributed by atoms with Gasteiger partial charge in [-0.05, 0) is 18.6 Å². The average Bonchev–Trinajstić information content (AvgIpc) is 2.51. The third-order valence-corrected chi connectivity index (χ3v) is 3.82. The fourth-order valence-corrected chi connectivity index (χ4v) is 2.61. The van der Waals surface area contributed by atoms with Crippen LogP contribution in [0.2, 0.25) is 0 Å². The molecule has 0 aliphatic rings. The summed E-state index contributed by atoms with van der Waals surface area (Å²) in [5, 5.41) is 2.88. The Morgan fingerprint density at radius 3 is 2.38 bits per heavy atom. The van der Waals surface area contributed by atoms with Gasteiger partial charge in [0.25, 0.3) is 5.91 Å². The van der Waals surface area contributed by atoms with Crippen molar-refractivity contribution in [3.05, 3.63) is 17.7 Å². The van der Waals surface area contributed by atoms with Crippen LogP contribution in [-0.2, 0) is 0 Å². The van der Waals surface area contributed by atoms with Gasteiger partial charge in [0.05, 0.1) is 26.9 Å². The van der Waals surface area contributed by atoms with Crippen LogP contribution in [0.4, 0.5) is 0 Å². The van der Waals surface area contributed by atoms with E-state index in [-0.39, 0.29) is 10.7 Å². The van der Waals surface area contributed by atoms with Crippen molar-refractivity contribution in [3.63, 3.8) is 0 Å². The van der Waals surface area contributed by atoms with Crippen LogP contribution in [-0.4, -0.2) is 38.6 Å². The second kappa shape index (κ2) is 8.77. The van der Waals surface area contributed by atoms with Crippen molar-refractivity contribution < 1.29 is 19.0 Å². The maximum absolute atomic E-state index is 12.3. The zero-order valence-electron chi connectivity index (χ0n) is 12.9. The highest BCUT2D eigenvalue weighted by Gasteiger charge is 2.20. The van der Waals surface area contributed by atoms with Crippen molar-refractivity contribution in [1.29, 1.82) is 0 Å². The molecule has 0 heterocycles. The molecule has 1 unspecified atom stereocenters. The minimum atomic E-state index is -0.201. The number of ether oxygens (including phenoxy) is 3. The highest BCUT2D eigenvalue weighted by atomic mass is 79.9. The zero-order valence-corrected chi connectivity index (χ0v) is 14.5. The molecule has 21 heavy (non-hydrogen) atoms. The van der Waals surface area contributed by atoms with Crippen LogP contribution < -0.4 is 19.5 Å². The molecule has 1 aromatic rings. The van der Waals surface area contributed by atoms with E-state index in [1.165, 1.54) is 21.3 Å². The molecule has 0 bridgehead atoms. The number of nitrogens with one attached hydrogen (secondary N) is 1. The van der Waals surface area contributed by atoms with Gasteiger partial charge in [-0.3, -0.25) is 4.79 Å². The van der Waals surface area contributed by atoms with Crippen LogP contribution in [0.1, 0.15) is 30.1 Å². The first-order valence-electron chi connectivity index (χ1n) is 6.80. The van der Waals surface area contributed by atoms with E-state index in [0.29, 0.717) is 29.4 Å². The van der Waals surface area contributed by atoms with Crippen LogP contribution in [0.25, 0.3) is 0 Å². The van der Waals surface area contributed by atoms with E-state index >= 15 is 0 Å². The van der Waals surface area contributed by atoms with Gasteiger partial charge in [0.15, 0.2) is 11.5 Å². The van der Waals surface area contributed by atoms with Crippen LogP contribution in [0.5, 0.6) is 17.2 Å². The average molecular weight is 360 g/mol. The molecule has 0 aliphatic carbocycles. The monoisotopic (exact) mass is 359 g/mol. The Labute approximate surface area is 134 Å². The van der Waals surface area contributed by atoms with Gasteiger partial charge in [-0.15, -0.1) is 0 Å². The first-order valence-corrected chi connectivity index (χ1v) is 7.71. The van der Waals surface area contributed by atoms with Gasteiger partial charge in [-0.2, -0.15) is 0 Å². The summed E-state index contributed by atoms with van der Waals surface area (Å²) in [4.78, 5) is 12.6. The number of rotatable bonds is 8. The summed E-state index contributed by atoms with van der Waals surface area (Å²) in [6.45, 7) is 2.66. The van der Waals surface area contributed by atoms with E-state index < -0.39 is 0 Å². The molecule has 1 N–H and O–H groups in total. The highest BCUT2D eigenvalue weighted by molar-refractivity contribution is 9.09. The Balaban J connectivity index is 2.94. The molecule has 0 spiro atoms. The summed E-state index contributed by atoms with van der Waals surface area (Å²) in [5.41, 5.74) is 0.423. The molecule has 0 saturated heterocycles. The van der Waals surface area contributed by atoms with E-state index in [1.807, 2.05) is 0 Å². The number of methoxy groups -OCH3 is 3. The summed E-state index contributed by atoms with van der Waals surface area (Å²) in [7, 11) is 4.55. The van der Waals surface area contributed by atoms with Crippen LogP contribution in [0.15, 0.2) is 12.1 Å². The van der Waals surface area contributed by atoms with Crippen molar-refractivity contribution in [3.8, 4) is 17.2 Å². The Bertz CT molecular complexity index is 479. The number of amides is 1. The molecule has 0 fully saturated rings. The Hall–Kier alpha value is -1.43. The minimum Gasteiger partial charge on any atom is -0.493 e. The second-order valence-electron chi connectivity index (χ2n) is 4.48. The molecule has 118 valence electrons. The van der Waals surface area contributed by atoms with Crippen molar-refractivity contribution in [1.82, 2.24) is 5.32 Å². The molecule has 1 rings (SSSR count). The maximum Gasteiger partial charge on any atom is 0.255 e. The van der Waals surface area contributed by atoms with Crippen molar-refractivity contribution in [2.45, 2.75) is 24.6 Å². The number of halogens is 1. The summed E-state index contributed by atoms with van der Waals surface area (Å²) in [6, 6.07) is 3.35. The lowest BCUT2D eigenvalue weighted by Gasteiger charge is -2.16. The lowest BCUT2D eigenvalue weighted by molar-refractivity contribution is 0.0950. The van der Waals surface area contributed by atoms with Gasteiger partial charge in [0.1, 0.15) is 0 Å². The standard InChI is InChI=1S/C15H22BrNO4/c1-5-6-10(16)9-17-15(18)11-7-8-12(19-2)14(21-4)13(11)20-3/h7-8,10H,5-6,9H2,1-4H3,(H,17,18). The van der Waals surface area contributed by atoms with Crippen molar-refractivity contribution >= 4 is 21.8 Å².